The van der Waals surface area contributed by atoms with Crippen LogP contribution in [0.15, 0.2) is 53.1 Å². The quantitative estimate of drug-likeness (QED) is 0.695. The van der Waals surface area contributed by atoms with Crippen LogP contribution in [-0.4, -0.2) is 15.2 Å². The minimum atomic E-state index is 0.449. The molecule has 0 aliphatic carbocycles. The van der Waals surface area contributed by atoms with E-state index in [1.807, 2.05) is 56.3 Å². The van der Waals surface area contributed by atoms with Crippen LogP contribution in [0.2, 0.25) is 0 Å². The molecule has 116 valence electrons. The van der Waals surface area contributed by atoms with Gasteiger partial charge < -0.3 is 10.6 Å². The largest absolute Gasteiger partial charge is 0.339 e. The molecule has 0 atom stereocenters. The van der Waals surface area contributed by atoms with E-state index in [1.165, 1.54) is 0 Å². The molecule has 3 rings (SSSR count). The van der Waals surface area contributed by atoms with Crippen LogP contribution in [0, 0.1) is 13.8 Å². The van der Waals surface area contributed by atoms with Gasteiger partial charge in [-0.3, -0.25) is 0 Å². The third-order valence-electron chi connectivity index (χ3n) is 3.38. The summed E-state index contributed by atoms with van der Waals surface area (Å²) in [5.41, 5.74) is 4.19. The number of halogens is 1. The fraction of sp³-hybridized carbons (Fsp3) is 0.118. The van der Waals surface area contributed by atoms with E-state index in [0.29, 0.717) is 11.8 Å². The molecule has 0 saturated heterocycles. The fourth-order valence-corrected chi connectivity index (χ4v) is 2.37. The van der Waals surface area contributed by atoms with Crippen molar-refractivity contribution in [3.8, 4) is 0 Å². The Hall–Kier alpha value is -2.47. The zero-order chi connectivity index (χ0) is 16.2. The average Bonchev–Trinajstić information content (AvgIpc) is 2.54. The average molecular weight is 370 g/mol. The predicted molar refractivity (Wildman–Crippen MR) is 96.5 cm³/mol. The predicted octanol–water partition coefficient (Wildman–Crippen LogP) is 4.74. The first-order valence-electron chi connectivity index (χ1n) is 7.17. The van der Waals surface area contributed by atoms with Crippen molar-refractivity contribution in [1.82, 2.24) is 15.2 Å². The van der Waals surface area contributed by atoms with Gasteiger partial charge in [0.15, 0.2) is 5.82 Å². The van der Waals surface area contributed by atoms with Crippen LogP contribution in [0.25, 0.3) is 0 Å². The first-order valence-corrected chi connectivity index (χ1v) is 7.97. The molecule has 0 amide bonds. The van der Waals surface area contributed by atoms with Crippen LogP contribution in [0.5, 0.6) is 0 Å². The van der Waals surface area contributed by atoms with Crippen molar-refractivity contribution in [1.29, 1.82) is 0 Å². The first kappa shape index (κ1) is 15.4. The summed E-state index contributed by atoms with van der Waals surface area (Å²) >= 11 is 3.49. The second-order valence-corrected chi connectivity index (χ2v) is 6.05. The summed E-state index contributed by atoms with van der Waals surface area (Å²) in [6, 6.07) is 14.0. The molecular formula is C17H16BrN5. The molecule has 0 aliphatic rings. The maximum Gasteiger partial charge on any atom is 0.249 e. The fourth-order valence-electron chi connectivity index (χ4n) is 2.12. The SMILES string of the molecule is Cc1cc(Nc2nncc(Nc3ccccc3C)n2)ccc1Br. The van der Waals surface area contributed by atoms with Gasteiger partial charge in [-0.05, 0) is 49.2 Å². The Morgan fingerprint density at radius 3 is 2.57 bits per heavy atom. The van der Waals surface area contributed by atoms with Gasteiger partial charge in [0.1, 0.15) is 0 Å². The minimum Gasteiger partial charge on any atom is -0.339 e. The van der Waals surface area contributed by atoms with E-state index in [0.717, 1.165) is 27.0 Å². The molecular weight excluding hydrogens is 354 g/mol. The Morgan fingerprint density at radius 2 is 1.78 bits per heavy atom. The number of hydrogen-bond acceptors (Lipinski definition) is 5. The number of rotatable bonds is 4. The van der Waals surface area contributed by atoms with Crippen molar-refractivity contribution < 1.29 is 0 Å². The Labute approximate surface area is 143 Å². The van der Waals surface area contributed by atoms with Crippen molar-refractivity contribution in [2.45, 2.75) is 13.8 Å². The highest BCUT2D eigenvalue weighted by Gasteiger charge is 2.04. The highest BCUT2D eigenvalue weighted by Crippen LogP contribution is 2.23. The van der Waals surface area contributed by atoms with Gasteiger partial charge >= 0.3 is 0 Å². The van der Waals surface area contributed by atoms with Crippen LogP contribution >= 0.6 is 15.9 Å². The van der Waals surface area contributed by atoms with Crippen molar-refractivity contribution in [2.24, 2.45) is 0 Å². The molecule has 0 bridgehead atoms. The molecule has 2 N–H and O–H groups in total. The molecule has 0 radical (unpaired) electrons. The van der Waals surface area contributed by atoms with E-state index >= 15 is 0 Å². The number of benzene rings is 2. The highest BCUT2D eigenvalue weighted by molar-refractivity contribution is 9.10. The Kier molecular flexibility index (Phi) is 4.52. The summed E-state index contributed by atoms with van der Waals surface area (Å²) in [6.45, 7) is 4.07. The van der Waals surface area contributed by atoms with Gasteiger partial charge in [-0.1, -0.05) is 34.1 Å². The van der Waals surface area contributed by atoms with E-state index in [4.69, 9.17) is 0 Å². The molecule has 3 aromatic rings. The molecule has 0 aliphatic heterocycles. The molecule has 1 heterocycles. The summed E-state index contributed by atoms with van der Waals surface area (Å²) in [4.78, 5) is 4.45. The van der Waals surface area contributed by atoms with Gasteiger partial charge in [0, 0.05) is 15.8 Å². The topological polar surface area (TPSA) is 62.7 Å². The number of aryl methyl sites for hydroxylation is 2. The van der Waals surface area contributed by atoms with Crippen molar-refractivity contribution in [2.75, 3.05) is 10.6 Å². The maximum absolute atomic E-state index is 4.45. The first-order chi connectivity index (χ1) is 11.1. The highest BCUT2D eigenvalue weighted by atomic mass is 79.9. The molecule has 2 aromatic carbocycles. The lowest BCUT2D eigenvalue weighted by atomic mass is 10.2. The van der Waals surface area contributed by atoms with E-state index < -0.39 is 0 Å². The molecule has 0 unspecified atom stereocenters. The normalized spacial score (nSPS) is 10.4. The molecule has 23 heavy (non-hydrogen) atoms. The molecule has 0 spiro atoms. The minimum absolute atomic E-state index is 0.449. The van der Waals surface area contributed by atoms with E-state index in [-0.39, 0.29) is 0 Å². The van der Waals surface area contributed by atoms with Crippen LogP contribution in [-0.2, 0) is 0 Å². The number of hydrogen-bond donors (Lipinski definition) is 2. The van der Waals surface area contributed by atoms with Gasteiger partial charge in [0.25, 0.3) is 0 Å². The van der Waals surface area contributed by atoms with E-state index in [2.05, 4.69) is 41.7 Å². The number of nitrogens with zero attached hydrogens (tertiary/aromatic N) is 3. The smallest absolute Gasteiger partial charge is 0.249 e. The zero-order valence-corrected chi connectivity index (χ0v) is 14.4. The van der Waals surface area contributed by atoms with Crippen LogP contribution in [0.1, 0.15) is 11.1 Å². The molecule has 6 heteroatoms. The summed E-state index contributed by atoms with van der Waals surface area (Å²) in [5.74, 6) is 1.09. The molecule has 1 aromatic heterocycles. The van der Waals surface area contributed by atoms with E-state index in [1.54, 1.807) is 6.20 Å². The van der Waals surface area contributed by atoms with Gasteiger partial charge in [0.05, 0.1) is 6.20 Å². The monoisotopic (exact) mass is 369 g/mol. The Balaban J connectivity index is 1.79. The van der Waals surface area contributed by atoms with Crippen LogP contribution < -0.4 is 10.6 Å². The second-order valence-electron chi connectivity index (χ2n) is 5.19. The van der Waals surface area contributed by atoms with Gasteiger partial charge in [-0.15, -0.1) is 5.10 Å². The zero-order valence-electron chi connectivity index (χ0n) is 12.8. The number of anilines is 4. The van der Waals surface area contributed by atoms with Crippen LogP contribution in [0.3, 0.4) is 0 Å². The summed E-state index contributed by atoms with van der Waals surface area (Å²) in [5, 5.41) is 14.5. The molecule has 5 nitrogen and oxygen atoms in total. The summed E-state index contributed by atoms with van der Waals surface area (Å²) in [6.07, 6.45) is 1.60. The lowest BCUT2D eigenvalue weighted by molar-refractivity contribution is 0.982. The van der Waals surface area contributed by atoms with Gasteiger partial charge in [-0.25, -0.2) is 0 Å². The van der Waals surface area contributed by atoms with Crippen LogP contribution in [0.4, 0.5) is 23.1 Å². The lowest BCUT2D eigenvalue weighted by Crippen LogP contribution is -2.03. The third kappa shape index (κ3) is 3.84. The third-order valence-corrected chi connectivity index (χ3v) is 4.27. The van der Waals surface area contributed by atoms with E-state index in [9.17, 15) is 0 Å². The number of nitrogens with one attached hydrogen (secondary N) is 2. The van der Waals surface area contributed by atoms with Crippen molar-refractivity contribution in [3.63, 3.8) is 0 Å². The Bertz CT molecular complexity index is 835. The summed E-state index contributed by atoms with van der Waals surface area (Å²) < 4.78 is 1.07. The molecule has 0 fully saturated rings. The van der Waals surface area contributed by atoms with Crippen molar-refractivity contribution in [3.05, 3.63) is 64.3 Å². The Morgan fingerprint density at radius 1 is 0.957 bits per heavy atom. The lowest BCUT2D eigenvalue weighted by Gasteiger charge is -2.10. The number of aromatic nitrogens is 3. The maximum atomic E-state index is 4.45. The van der Waals surface area contributed by atoms with Gasteiger partial charge in [-0.2, -0.15) is 10.1 Å². The van der Waals surface area contributed by atoms with Gasteiger partial charge in [0.2, 0.25) is 5.95 Å². The standard InChI is InChI=1S/C17H16BrN5/c1-11-5-3-4-6-15(11)21-16-10-19-23-17(22-16)20-13-7-8-14(18)12(2)9-13/h3-10H,1-2H3,(H2,20,21,22,23). The summed E-state index contributed by atoms with van der Waals surface area (Å²) in [7, 11) is 0. The number of para-hydroxylation sites is 1. The second kappa shape index (κ2) is 6.75. The van der Waals surface area contributed by atoms with Crippen molar-refractivity contribution >= 4 is 39.1 Å². The molecule has 0 saturated carbocycles.